The van der Waals surface area contributed by atoms with Gasteiger partial charge in [0.25, 0.3) is 0 Å². The largest absolute Gasteiger partial charge is 0.497 e. The summed E-state index contributed by atoms with van der Waals surface area (Å²) in [5.74, 6) is 2.36. The predicted octanol–water partition coefficient (Wildman–Crippen LogP) is 5.78. The second kappa shape index (κ2) is 8.44. The fourth-order valence-electron chi connectivity index (χ4n) is 6.16. The molecule has 4 nitrogen and oxygen atoms in total. The number of hydrogen-bond acceptors (Lipinski definition) is 4. The maximum Gasteiger partial charge on any atom is 0.126 e. The Bertz CT molecular complexity index is 1320. The highest BCUT2D eigenvalue weighted by molar-refractivity contribution is 5.85. The number of nitrogens with zero attached hydrogens (tertiary/aromatic N) is 1. The fraction of sp³-hybridized carbons (Fsp3) is 0.300. The standard InChI is InChI=1S/C30H31N3O/c1-20-16-29(33-28-13-12-21(34-2)17-24(20)28)32-15-7-14-31-19-30-18-25(22-8-3-5-10-26(22)30)23-9-4-6-11-27(23)30/h3-6,8-13,16-17,25,31H,7,14-15,18-19H2,1-2H3,(H,32,33). The second-order valence-electron chi connectivity index (χ2n) is 9.68. The van der Waals surface area contributed by atoms with Gasteiger partial charge in [-0.15, -0.1) is 0 Å². The van der Waals surface area contributed by atoms with E-state index in [1.54, 1.807) is 7.11 Å². The molecule has 3 aromatic carbocycles. The molecule has 0 saturated carbocycles. The minimum Gasteiger partial charge on any atom is -0.497 e. The predicted molar refractivity (Wildman–Crippen MR) is 139 cm³/mol. The summed E-state index contributed by atoms with van der Waals surface area (Å²) in [5.41, 5.74) is 8.42. The molecule has 4 aromatic rings. The highest BCUT2D eigenvalue weighted by atomic mass is 16.5. The van der Waals surface area contributed by atoms with E-state index in [0.29, 0.717) is 5.92 Å². The van der Waals surface area contributed by atoms with E-state index in [1.165, 1.54) is 34.2 Å². The van der Waals surface area contributed by atoms with Crippen LogP contribution in [0.4, 0.5) is 5.82 Å². The molecule has 0 fully saturated rings. The molecule has 2 aliphatic rings. The van der Waals surface area contributed by atoms with Gasteiger partial charge in [0.1, 0.15) is 11.6 Å². The summed E-state index contributed by atoms with van der Waals surface area (Å²) in [6.45, 7) is 4.99. The molecule has 0 aliphatic heterocycles. The van der Waals surface area contributed by atoms with Crippen LogP contribution < -0.4 is 15.4 Å². The van der Waals surface area contributed by atoms with Crippen LogP contribution >= 0.6 is 0 Å². The first-order valence-corrected chi connectivity index (χ1v) is 12.3. The summed E-state index contributed by atoms with van der Waals surface area (Å²) in [7, 11) is 1.70. The molecule has 0 spiro atoms. The Morgan fingerprint density at radius 2 is 1.68 bits per heavy atom. The summed E-state index contributed by atoms with van der Waals surface area (Å²) in [4.78, 5) is 4.79. The van der Waals surface area contributed by atoms with E-state index in [0.717, 1.165) is 48.5 Å². The number of ether oxygens (including phenoxy) is 1. The van der Waals surface area contributed by atoms with Crippen molar-refractivity contribution in [2.24, 2.45) is 0 Å². The van der Waals surface area contributed by atoms with Crippen LogP contribution in [0.1, 0.15) is 46.6 Å². The summed E-state index contributed by atoms with van der Waals surface area (Å²) in [5, 5.41) is 8.45. The minimum absolute atomic E-state index is 0.114. The number of aryl methyl sites for hydroxylation is 1. The number of fused-ring (bicyclic) bond motifs is 9. The third-order valence-corrected chi connectivity index (χ3v) is 7.74. The third kappa shape index (κ3) is 3.36. The highest BCUT2D eigenvalue weighted by Gasteiger charge is 2.51. The molecule has 2 bridgehead atoms. The summed E-state index contributed by atoms with van der Waals surface area (Å²) in [6, 6.07) is 26.3. The molecule has 0 saturated heterocycles. The van der Waals surface area contributed by atoms with Crippen molar-refractivity contribution in [1.82, 2.24) is 10.3 Å². The first-order chi connectivity index (χ1) is 16.7. The molecule has 0 radical (unpaired) electrons. The molecule has 6 rings (SSSR count). The van der Waals surface area contributed by atoms with Crippen LogP contribution in [-0.4, -0.2) is 31.7 Å². The van der Waals surface area contributed by atoms with E-state index in [1.807, 2.05) is 12.1 Å². The number of anilines is 1. The van der Waals surface area contributed by atoms with E-state index in [4.69, 9.17) is 9.72 Å². The van der Waals surface area contributed by atoms with E-state index in [2.05, 4.69) is 78.2 Å². The summed E-state index contributed by atoms with van der Waals surface area (Å²) in [6.07, 6.45) is 2.24. The van der Waals surface area contributed by atoms with Gasteiger partial charge in [0.15, 0.2) is 0 Å². The number of benzene rings is 3. The van der Waals surface area contributed by atoms with Gasteiger partial charge < -0.3 is 15.4 Å². The van der Waals surface area contributed by atoms with Crippen molar-refractivity contribution in [1.29, 1.82) is 0 Å². The van der Waals surface area contributed by atoms with Crippen molar-refractivity contribution in [3.05, 3.63) is 101 Å². The summed E-state index contributed by atoms with van der Waals surface area (Å²) >= 11 is 0. The quantitative estimate of drug-likeness (QED) is 0.335. The van der Waals surface area contributed by atoms with Crippen LogP contribution in [0.5, 0.6) is 5.75 Å². The number of hydrogen-bond donors (Lipinski definition) is 2. The first-order valence-electron chi connectivity index (χ1n) is 12.3. The number of pyridine rings is 1. The smallest absolute Gasteiger partial charge is 0.126 e. The Labute approximate surface area is 201 Å². The van der Waals surface area contributed by atoms with Gasteiger partial charge in [0, 0.05) is 29.8 Å². The van der Waals surface area contributed by atoms with Crippen LogP contribution in [0.3, 0.4) is 0 Å². The van der Waals surface area contributed by atoms with E-state index >= 15 is 0 Å². The monoisotopic (exact) mass is 449 g/mol. The zero-order chi connectivity index (χ0) is 23.1. The van der Waals surface area contributed by atoms with Gasteiger partial charge >= 0.3 is 0 Å². The van der Waals surface area contributed by atoms with E-state index in [-0.39, 0.29) is 5.41 Å². The lowest BCUT2D eigenvalue weighted by atomic mass is 9.75. The van der Waals surface area contributed by atoms with Crippen molar-refractivity contribution in [2.75, 3.05) is 32.1 Å². The Balaban J connectivity index is 1.08. The van der Waals surface area contributed by atoms with Gasteiger partial charge in [-0.3, -0.25) is 0 Å². The maximum atomic E-state index is 5.35. The highest BCUT2D eigenvalue weighted by Crippen LogP contribution is 2.59. The molecule has 4 heteroatoms. The Morgan fingerprint density at radius 1 is 0.941 bits per heavy atom. The topological polar surface area (TPSA) is 46.2 Å². The molecule has 34 heavy (non-hydrogen) atoms. The molecule has 0 unspecified atom stereocenters. The zero-order valence-corrected chi connectivity index (χ0v) is 19.9. The van der Waals surface area contributed by atoms with Crippen LogP contribution in [0.15, 0.2) is 72.8 Å². The summed E-state index contributed by atoms with van der Waals surface area (Å²) < 4.78 is 5.35. The minimum atomic E-state index is 0.114. The Hall–Kier alpha value is -3.37. The number of aromatic nitrogens is 1. The van der Waals surface area contributed by atoms with E-state index in [9.17, 15) is 0 Å². The number of methoxy groups -OCH3 is 1. The van der Waals surface area contributed by atoms with Gasteiger partial charge in [-0.25, -0.2) is 4.98 Å². The van der Waals surface area contributed by atoms with Crippen LogP contribution in [-0.2, 0) is 5.41 Å². The van der Waals surface area contributed by atoms with Crippen LogP contribution in [0.25, 0.3) is 10.9 Å². The van der Waals surface area contributed by atoms with Gasteiger partial charge in [-0.2, -0.15) is 0 Å². The first kappa shape index (κ1) is 21.2. The lowest BCUT2D eigenvalue weighted by molar-refractivity contribution is 0.415. The van der Waals surface area contributed by atoms with Crippen molar-refractivity contribution in [3.63, 3.8) is 0 Å². The average Bonchev–Trinajstić information content (AvgIpc) is 3.39. The molecule has 172 valence electrons. The van der Waals surface area contributed by atoms with Crippen molar-refractivity contribution >= 4 is 16.7 Å². The third-order valence-electron chi connectivity index (χ3n) is 7.74. The molecular formula is C30H31N3O. The van der Waals surface area contributed by atoms with Gasteiger partial charge in [-0.05, 0) is 78.4 Å². The maximum absolute atomic E-state index is 5.35. The van der Waals surface area contributed by atoms with E-state index < -0.39 is 0 Å². The van der Waals surface area contributed by atoms with Crippen LogP contribution in [0.2, 0.25) is 0 Å². The molecular weight excluding hydrogens is 418 g/mol. The van der Waals surface area contributed by atoms with Crippen molar-refractivity contribution < 1.29 is 4.74 Å². The fourth-order valence-corrected chi connectivity index (χ4v) is 6.16. The number of rotatable bonds is 8. The second-order valence-corrected chi connectivity index (χ2v) is 9.68. The Morgan fingerprint density at radius 3 is 2.41 bits per heavy atom. The molecule has 1 aromatic heterocycles. The van der Waals surface area contributed by atoms with Gasteiger partial charge in [0.2, 0.25) is 0 Å². The van der Waals surface area contributed by atoms with Crippen molar-refractivity contribution in [2.45, 2.75) is 31.1 Å². The molecule has 1 heterocycles. The molecule has 0 atom stereocenters. The van der Waals surface area contributed by atoms with Crippen LogP contribution in [0, 0.1) is 6.92 Å². The van der Waals surface area contributed by atoms with Gasteiger partial charge in [-0.1, -0.05) is 48.5 Å². The normalized spacial score (nSPS) is 19.8. The molecule has 2 aliphatic carbocycles. The average molecular weight is 450 g/mol. The van der Waals surface area contributed by atoms with Crippen molar-refractivity contribution in [3.8, 4) is 5.75 Å². The molecule has 2 N–H and O–H groups in total. The van der Waals surface area contributed by atoms with Gasteiger partial charge in [0.05, 0.1) is 12.6 Å². The number of nitrogens with one attached hydrogen (secondary N) is 2. The molecule has 0 amide bonds. The lowest BCUT2D eigenvalue weighted by Gasteiger charge is -2.31. The Kier molecular flexibility index (Phi) is 5.26. The lowest BCUT2D eigenvalue weighted by Crippen LogP contribution is -2.37. The zero-order valence-electron chi connectivity index (χ0n) is 19.9. The SMILES string of the molecule is COc1ccc2nc(NCCCNCC34CC(c5ccccc53)c3ccccc34)cc(C)c2c1.